The maximum absolute atomic E-state index is 5.30. The van der Waals surface area contributed by atoms with Crippen LogP contribution in [0.1, 0.15) is 0 Å². The zero-order chi connectivity index (χ0) is 33.7. The van der Waals surface area contributed by atoms with Gasteiger partial charge in [0.15, 0.2) is 0 Å². The Hall–Kier alpha value is -5.34. The highest BCUT2D eigenvalue weighted by atomic mass is 79.9. The van der Waals surface area contributed by atoms with Crippen LogP contribution in [0.3, 0.4) is 0 Å². The Morgan fingerprint density at radius 3 is 1.29 bits per heavy atom. The third kappa shape index (κ3) is 9.84. The van der Waals surface area contributed by atoms with Crippen LogP contribution in [-0.4, -0.2) is 9.97 Å². The summed E-state index contributed by atoms with van der Waals surface area (Å²) < 4.78 is 1.12. The topological polar surface area (TPSA) is 63.8 Å². The molecule has 0 aliphatic heterocycles. The van der Waals surface area contributed by atoms with Crippen LogP contribution in [0.4, 0.5) is 17.1 Å². The lowest BCUT2D eigenvalue weighted by molar-refractivity contribution is 1.32. The van der Waals surface area contributed by atoms with Crippen molar-refractivity contribution in [2.75, 3.05) is 11.1 Å². The molecule has 8 aromatic rings. The van der Waals surface area contributed by atoms with E-state index in [4.69, 9.17) is 5.73 Å². The summed E-state index contributed by atoms with van der Waals surface area (Å²) in [5, 5.41) is 3.35. The molecule has 49 heavy (non-hydrogen) atoms. The van der Waals surface area contributed by atoms with Gasteiger partial charge in [0.1, 0.15) is 0 Å². The number of nitrogens with one attached hydrogen (secondary N) is 1. The zero-order valence-electron chi connectivity index (χ0n) is 26.5. The molecule has 0 fully saturated rings. The zero-order valence-corrected chi connectivity index (χ0v) is 29.7. The molecule has 0 spiro atoms. The van der Waals surface area contributed by atoms with E-state index < -0.39 is 0 Å². The summed E-state index contributed by atoms with van der Waals surface area (Å²) in [6, 6.07) is 54.3. The molecule has 0 amide bonds. The average Bonchev–Trinajstić information content (AvgIpc) is 3.86. The summed E-state index contributed by atoms with van der Waals surface area (Å²) in [5.74, 6) is 0. The lowest BCUT2D eigenvalue weighted by atomic mass is 10.1. The second-order valence-corrected chi connectivity index (χ2v) is 13.9. The highest BCUT2D eigenvalue weighted by molar-refractivity contribution is 9.10. The molecule has 0 aliphatic rings. The predicted molar refractivity (Wildman–Crippen MR) is 214 cm³/mol. The first-order valence-corrected chi connectivity index (χ1v) is 18.0. The van der Waals surface area contributed by atoms with Gasteiger partial charge in [-0.1, -0.05) is 101 Å². The van der Waals surface area contributed by atoms with Gasteiger partial charge < -0.3 is 11.1 Å². The third-order valence-corrected chi connectivity index (χ3v) is 10.2. The summed E-state index contributed by atoms with van der Waals surface area (Å²) >= 11 is 7.11. The molecule has 0 radical (unpaired) electrons. The summed E-state index contributed by atoms with van der Waals surface area (Å²) in [4.78, 5) is 13.1. The highest BCUT2D eigenvalue weighted by Crippen LogP contribution is 2.36. The molecule has 0 aliphatic carbocycles. The van der Waals surface area contributed by atoms with Crippen LogP contribution in [0.25, 0.3) is 41.8 Å². The number of nitrogens with zero attached hydrogens (tertiary/aromatic N) is 2. The molecule has 0 bridgehead atoms. The standard InChI is InChI=1S/C21H16N2S.C16H11BrS.C5H6N2/c1-2-5-16(6-3-1)20-12-13-21(24-20)17-8-10-18(11-9-17)23-19-7-4-14-22-15-19;17-14-8-6-13(7-9-14)16-11-10-15(18-16)12-4-2-1-3-5-12;6-5-2-1-3-7-4-5/h1-15,23H;1-11H;1-4H,6H2. The lowest BCUT2D eigenvalue weighted by Crippen LogP contribution is -1.89. The molecule has 4 nitrogen and oxygen atoms in total. The van der Waals surface area contributed by atoms with Gasteiger partial charge >= 0.3 is 0 Å². The first-order valence-electron chi connectivity index (χ1n) is 15.6. The molecular weight excluding hydrogens is 705 g/mol. The number of benzene rings is 4. The summed E-state index contributed by atoms with van der Waals surface area (Å²) in [7, 11) is 0. The molecule has 3 N–H and O–H groups in total. The number of nitrogen functional groups attached to an aromatic ring is 1. The summed E-state index contributed by atoms with van der Waals surface area (Å²) in [6.45, 7) is 0. The molecule has 7 heteroatoms. The molecule has 0 unspecified atom stereocenters. The van der Waals surface area contributed by atoms with Crippen molar-refractivity contribution in [2.45, 2.75) is 0 Å². The fourth-order valence-electron chi connectivity index (χ4n) is 4.81. The lowest BCUT2D eigenvalue weighted by Gasteiger charge is -2.06. The van der Waals surface area contributed by atoms with E-state index in [0.29, 0.717) is 5.69 Å². The summed E-state index contributed by atoms with van der Waals surface area (Å²) in [5.41, 5.74) is 13.1. The van der Waals surface area contributed by atoms with Crippen molar-refractivity contribution in [2.24, 2.45) is 0 Å². The number of nitrogens with two attached hydrogens (primary N) is 1. The average molecular weight is 738 g/mol. The molecule has 240 valence electrons. The van der Waals surface area contributed by atoms with E-state index in [1.807, 2.05) is 53.1 Å². The van der Waals surface area contributed by atoms with E-state index >= 15 is 0 Å². The first-order chi connectivity index (χ1) is 24.1. The van der Waals surface area contributed by atoms with Crippen molar-refractivity contribution in [1.82, 2.24) is 9.97 Å². The third-order valence-electron chi connectivity index (χ3n) is 7.26. The van der Waals surface area contributed by atoms with Gasteiger partial charge in [-0.25, -0.2) is 0 Å². The van der Waals surface area contributed by atoms with Crippen molar-refractivity contribution in [3.05, 3.63) is 187 Å². The number of pyridine rings is 2. The Kier molecular flexibility index (Phi) is 11.8. The number of halogens is 1. The number of anilines is 3. The number of aromatic nitrogens is 2. The van der Waals surface area contributed by atoms with Crippen LogP contribution in [0.5, 0.6) is 0 Å². The fourth-order valence-corrected chi connectivity index (χ4v) is 7.11. The van der Waals surface area contributed by atoms with Crippen LogP contribution in [0, 0.1) is 0 Å². The van der Waals surface area contributed by atoms with Gasteiger partial charge in [0.2, 0.25) is 0 Å². The Morgan fingerprint density at radius 2 is 0.878 bits per heavy atom. The largest absolute Gasteiger partial charge is 0.397 e. The van der Waals surface area contributed by atoms with Gasteiger partial charge in [-0.05, 0) is 95.1 Å². The monoisotopic (exact) mass is 736 g/mol. The number of hydrogen-bond donors (Lipinski definition) is 2. The number of hydrogen-bond acceptors (Lipinski definition) is 6. The van der Waals surface area contributed by atoms with E-state index in [1.54, 1.807) is 30.7 Å². The van der Waals surface area contributed by atoms with E-state index in [1.165, 1.54) is 41.8 Å². The molecule has 0 saturated carbocycles. The Bertz CT molecular complexity index is 2130. The van der Waals surface area contributed by atoms with E-state index in [-0.39, 0.29) is 0 Å². The van der Waals surface area contributed by atoms with Gasteiger partial charge in [-0.2, -0.15) is 0 Å². The van der Waals surface area contributed by atoms with Gasteiger partial charge in [0, 0.05) is 48.3 Å². The van der Waals surface area contributed by atoms with Gasteiger partial charge in [0.25, 0.3) is 0 Å². The maximum atomic E-state index is 5.30. The maximum Gasteiger partial charge on any atom is 0.0570 e. The minimum Gasteiger partial charge on any atom is -0.397 e. The van der Waals surface area contributed by atoms with Crippen LogP contribution < -0.4 is 11.1 Å². The smallest absolute Gasteiger partial charge is 0.0570 e. The van der Waals surface area contributed by atoms with Crippen molar-refractivity contribution < 1.29 is 0 Å². The van der Waals surface area contributed by atoms with Crippen molar-refractivity contribution in [1.29, 1.82) is 0 Å². The molecule has 0 saturated heterocycles. The molecule has 8 rings (SSSR count). The second kappa shape index (κ2) is 17.2. The predicted octanol–water partition coefficient (Wildman–Crippen LogP) is 12.7. The molecule has 4 aromatic heterocycles. The molecule has 0 atom stereocenters. The van der Waals surface area contributed by atoms with Gasteiger partial charge in [-0.15, -0.1) is 22.7 Å². The minimum atomic E-state index is 0.711. The summed E-state index contributed by atoms with van der Waals surface area (Å²) in [6.07, 6.45) is 6.89. The number of thiophene rings is 2. The van der Waals surface area contributed by atoms with Gasteiger partial charge in [0.05, 0.1) is 17.6 Å². The van der Waals surface area contributed by atoms with Crippen LogP contribution in [0.2, 0.25) is 0 Å². The van der Waals surface area contributed by atoms with E-state index in [0.717, 1.165) is 15.8 Å². The normalized spacial score (nSPS) is 10.2. The Morgan fingerprint density at radius 1 is 0.429 bits per heavy atom. The van der Waals surface area contributed by atoms with Crippen molar-refractivity contribution in [3.63, 3.8) is 0 Å². The molecule has 4 aromatic carbocycles. The second-order valence-electron chi connectivity index (χ2n) is 10.8. The van der Waals surface area contributed by atoms with Crippen molar-refractivity contribution in [3.8, 4) is 41.8 Å². The Labute approximate surface area is 303 Å². The van der Waals surface area contributed by atoms with Crippen LogP contribution >= 0.6 is 38.6 Å². The Balaban J connectivity index is 0.000000146. The van der Waals surface area contributed by atoms with E-state index in [2.05, 4.69) is 153 Å². The number of rotatable bonds is 6. The quantitative estimate of drug-likeness (QED) is 0.178. The molecular formula is C42H33BrN4S2. The van der Waals surface area contributed by atoms with Crippen LogP contribution in [0.15, 0.2) is 187 Å². The molecule has 4 heterocycles. The fraction of sp³-hybridized carbons (Fsp3) is 0. The van der Waals surface area contributed by atoms with Crippen LogP contribution in [-0.2, 0) is 0 Å². The SMILES string of the molecule is Brc1ccc(-c2ccc(-c3ccccc3)s2)cc1.Nc1cccnc1.c1ccc(-c2ccc(-c3ccc(Nc4cccnc4)cc3)s2)cc1. The minimum absolute atomic E-state index is 0.711. The van der Waals surface area contributed by atoms with Gasteiger partial charge in [-0.3, -0.25) is 9.97 Å². The first kappa shape index (κ1) is 33.6. The van der Waals surface area contributed by atoms with Crippen molar-refractivity contribution >= 4 is 55.7 Å². The van der Waals surface area contributed by atoms with E-state index in [9.17, 15) is 0 Å². The highest BCUT2D eigenvalue weighted by Gasteiger charge is 2.06.